The molecule has 1 heterocycles. The number of hydrogen-bond acceptors (Lipinski definition) is 6. The third-order valence-corrected chi connectivity index (χ3v) is 6.67. The largest absolute Gasteiger partial charge is 0.497 e. The van der Waals surface area contributed by atoms with Crippen molar-refractivity contribution in [1.29, 1.82) is 0 Å². The van der Waals surface area contributed by atoms with Crippen molar-refractivity contribution in [3.05, 3.63) is 48.0 Å². The Morgan fingerprint density at radius 3 is 2.49 bits per heavy atom. The number of benzene rings is 2. The van der Waals surface area contributed by atoms with Crippen LogP contribution in [0.2, 0.25) is 0 Å². The van der Waals surface area contributed by atoms with E-state index in [1.165, 1.54) is 0 Å². The molecule has 37 heavy (non-hydrogen) atoms. The van der Waals surface area contributed by atoms with Gasteiger partial charge < -0.3 is 29.7 Å². The molecule has 0 aromatic heterocycles. The minimum atomic E-state index is -0.430. The lowest BCUT2D eigenvalue weighted by molar-refractivity contribution is 0.0108. The van der Waals surface area contributed by atoms with E-state index in [-0.39, 0.29) is 24.0 Å². The molecule has 202 valence electrons. The second-order valence-electron chi connectivity index (χ2n) is 9.61. The van der Waals surface area contributed by atoms with Gasteiger partial charge in [-0.15, -0.1) is 0 Å². The van der Waals surface area contributed by atoms with Gasteiger partial charge in [0.25, 0.3) is 5.91 Å². The predicted octanol–water partition coefficient (Wildman–Crippen LogP) is 4.56. The standard InChI is InChI=1S/C28H40N4O5/c1-7-13-32-16-19(2)26(36-6)17-31(4)27(33)24-15-22(11-12-25(24)37-18-20(32)3)30-28(34)29-21-9-8-10-23(14-21)35-5/h8-12,14-15,19-20,26H,7,13,16-18H2,1-6H3,(H2,29,30,34)/t19-,20-,26+/m1/s1. The molecule has 0 fully saturated rings. The van der Waals surface area contributed by atoms with Gasteiger partial charge >= 0.3 is 6.03 Å². The SMILES string of the molecule is CCCN1C[C@@H](C)[C@@H](OC)CN(C)C(=O)c2cc(NC(=O)Nc3cccc(OC)c3)ccc2OC[C@H]1C. The molecule has 2 aromatic rings. The van der Waals surface area contributed by atoms with Crippen LogP contribution in [0.1, 0.15) is 37.6 Å². The van der Waals surface area contributed by atoms with E-state index in [4.69, 9.17) is 14.2 Å². The molecule has 2 aromatic carbocycles. The highest BCUT2D eigenvalue weighted by atomic mass is 16.5. The summed E-state index contributed by atoms with van der Waals surface area (Å²) in [4.78, 5) is 30.2. The van der Waals surface area contributed by atoms with Crippen LogP contribution < -0.4 is 20.1 Å². The first kappa shape index (κ1) is 28.3. The van der Waals surface area contributed by atoms with Gasteiger partial charge in [0, 0.05) is 50.7 Å². The second-order valence-corrected chi connectivity index (χ2v) is 9.61. The van der Waals surface area contributed by atoms with Crippen molar-refractivity contribution < 1.29 is 23.8 Å². The van der Waals surface area contributed by atoms with Crippen LogP contribution in [0, 0.1) is 5.92 Å². The fourth-order valence-corrected chi connectivity index (χ4v) is 4.52. The molecule has 0 radical (unpaired) electrons. The van der Waals surface area contributed by atoms with E-state index >= 15 is 0 Å². The van der Waals surface area contributed by atoms with E-state index in [1.54, 1.807) is 68.6 Å². The monoisotopic (exact) mass is 512 g/mol. The Hall–Kier alpha value is -3.30. The highest BCUT2D eigenvalue weighted by Gasteiger charge is 2.28. The molecule has 3 atom stereocenters. The molecule has 3 amide bonds. The molecular formula is C28H40N4O5. The van der Waals surface area contributed by atoms with Gasteiger partial charge in [-0.2, -0.15) is 0 Å². The third-order valence-electron chi connectivity index (χ3n) is 6.67. The zero-order valence-corrected chi connectivity index (χ0v) is 22.7. The van der Waals surface area contributed by atoms with Crippen molar-refractivity contribution in [3.8, 4) is 11.5 Å². The van der Waals surface area contributed by atoms with Gasteiger partial charge in [0.1, 0.15) is 18.1 Å². The summed E-state index contributed by atoms with van der Waals surface area (Å²) in [6.07, 6.45) is 0.926. The topological polar surface area (TPSA) is 92.4 Å². The van der Waals surface area contributed by atoms with E-state index in [9.17, 15) is 9.59 Å². The van der Waals surface area contributed by atoms with Gasteiger partial charge in [-0.05, 0) is 56.1 Å². The van der Waals surface area contributed by atoms with E-state index in [1.807, 2.05) is 0 Å². The number of carbonyl (C=O) groups excluding carboxylic acids is 2. The third kappa shape index (κ3) is 7.60. The van der Waals surface area contributed by atoms with Gasteiger partial charge in [-0.25, -0.2) is 4.79 Å². The summed E-state index contributed by atoms with van der Waals surface area (Å²) in [6.45, 7) is 9.17. The van der Waals surface area contributed by atoms with Crippen LogP contribution in [0.15, 0.2) is 42.5 Å². The molecule has 0 unspecified atom stereocenters. The van der Waals surface area contributed by atoms with Crippen LogP contribution in [0.3, 0.4) is 0 Å². The fraction of sp³-hybridized carbons (Fsp3) is 0.500. The molecule has 0 saturated carbocycles. The van der Waals surface area contributed by atoms with Crippen LogP contribution in [0.25, 0.3) is 0 Å². The molecule has 1 aliphatic rings. The Morgan fingerprint density at radius 2 is 1.81 bits per heavy atom. The second kappa shape index (κ2) is 13.3. The molecule has 9 heteroatoms. The highest BCUT2D eigenvalue weighted by molar-refractivity contribution is 6.02. The first-order chi connectivity index (χ1) is 17.7. The van der Waals surface area contributed by atoms with Crippen LogP contribution in [0.4, 0.5) is 16.2 Å². The first-order valence-corrected chi connectivity index (χ1v) is 12.8. The fourth-order valence-electron chi connectivity index (χ4n) is 4.52. The van der Waals surface area contributed by atoms with Gasteiger partial charge in [0.05, 0.1) is 18.8 Å². The maximum absolute atomic E-state index is 13.5. The lowest BCUT2D eigenvalue weighted by atomic mass is 10.0. The predicted molar refractivity (Wildman–Crippen MR) is 146 cm³/mol. The van der Waals surface area contributed by atoms with Crippen molar-refractivity contribution in [2.24, 2.45) is 5.92 Å². The van der Waals surface area contributed by atoms with Crippen molar-refractivity contribution in [1.82, 2.24) is 9.80 Å². The summed E-state index contributed by atoms with van der Waals surface area (Å²) in [5, 5.41) is 5.59. The van der Waals surface area contributed by atoms with Gasteiger partial charge in [0.15, 0.2) is 0 Å². The van der Waals surface area contributed by atoms with E-state index in [0.717, 1.165) is 19.5 Å². The van der Waals surface area contributed by atoms with Crippen LogP contribution in [-0.4, -0.2) is 81.4 Å². The van der Waals surface area contributed by atoms with Gasteiger partial charge in [-0.1, -0.05) is 19.9 Å². The lowest BCUT2D eigenvalue weighted by Gasteiger charge is -2.35. The number of ether oxygens (including phenoxy) is 3. The maximum Gasteiger partial charge on any atom is 0.323 e. The smallest absolute Gasteiger partial charge is 0.323 e. The Balaban J connectivity index is 1.85. The molecule has 1 aliphatic heterocycles. The molecule has 0 saturated heterocycles. The van der Waals surface area contributed by atoms with Crippen LogP contribution >= 0.6 is 0 Å². The zero-order chi connectivity index (χ0) is 26.9. The Kier molecular flexibility index (Phi) is 10.2. The average Bonchev–Trinajstić information content (AvgIpc) is 2.89. The van der Waals surface area contributed by atoms with E-state index < -0.39 is 6.03 Å². The first-order valence-electron chi connectivity index (χ1n) is 12.8. The summed E-state index contributed by atoms with van der Waals surface area (Å²) in [5.41, 5.74) is 1.46. The van der Waals surface area contributed by atoms with Crippen molar-refractivity contribution in [3.63, 3.8) is 0 Å². The number of rotatable bonds is 6. The van der Waals surface area contributed by atoms with Crippen LogP contribution in [-0.2, 0) is 4.74 Å². The number of nitrogens with zero attached hydrogens (tertiary/aromatic N) is 2. The summed E-state index contributed by atoms with van der Waals surface area (Å²) in [5.74, 6) is 1.15. The number of amides is 3. The molecule has 2 N–H and O–H groups in total. The molecule has 0 aliphatic carbocycles. The zero-order valence-electron chi connectivity index (χ0n) is 22.7. The number of fused-ring (bicyclic) bond motifs is 1. The number of urea groups is 1. The molecule has 0 bridgehead atoms. The quantitative estimate of drug-likeness (QED) is 0.590. The minimum absolute atomic E-state index is 0.112. The van der Waals surface area contributed by atoms with Crippen molar-refractivity contribution in [2.45, 2.75) is 39.3 Å². The number of methoxy groups -OCH3 is 2. The van der Waals surface area contributed by atoms with E-state index in [2.05, 4.69) is 36.3 Å². The lowest BCUT2D eigenvalue weighted by Crippen LogP contribution is -2.46. The number of hydrogen-bond donors (Lipinski definition) is 2. The maximum atomic E-state index is 13.5. The van der Waals surface area contributed by atoms with E-state index in [0.29, 0.717) is 41.6 Å². The summed E-state index contributed by atoms with van der Waals surface area (Å²) in [6, 6.07) is 11.9. The Labute approximate surface area is 220 Å². The minimum Gasteiger partial charge on any atom is -0.497 e. The molecule has 9 nitrogen and oxygen atoms in total. The number of carbonyl (C=O) groups is 2. The van der Waals surface area contributed by atoms with Gasteiger partial charge in [0.2, 0.25) is 0 Å². The molecule has 3 rings (SSSR count). The summed E-state index contributed by atoms with van der Waals surface area (Å²) >= 11 is 0. The Morgan fingerprint density at radius 1 is 1.08 bits per heavy atom. The highest BCUT2D eigenvalue weighted by Crippen LogP contribution is 2.27. The molecule has 0 spiro atoms. The number of nitrogens with one attached hydrogen (secondary N) is 2. The number of anilines is 2. The summed E-state index contributed by atoms with van der Waals surface area (Å²) < 4.78 is 17.2. The normalized spacial score (nSPS) is 21.2. The average molecular weight is 513 g/mol. The Bertz CT molecular complexity index is 1060. The van der Waals surface area contributed by atoms with Crippen molar-refractivity contribution in [2.75, 3.05) is 58.1 Å². The van der Waals surface area contributed by atoms with Crippen molar-refractivity contribution >= 4 is 23.3 Å². The van der Waals surface area contributed by atoms with Gasteiger partial charge in [-0.3, -0.25) is 9.69 Å². The van der Waals surface area contributed by atoms with Crippen LogP contribution in [0.5, 0.6) is 11.5 Å². The summed E-state index contributed by atoms with van der Waals surface area (Å²) in [7, 11) is 5.02. The molecular weight excluding hydrogens is 472 g/mol. The number of likely N-dealkylation sites (N-methyl/N-ethyl adjacent to an activating group) is 1.